The van der Waals surface area contributed by atoms with E-state index in [1.807, 2.05) is 0 Å². The zero-order chi connectivity index (χ0) is 12.4. The molecule has 0 radical (unpaired) electrons. The van der Waals surface area contributed by atoms with Crippen LogP contribution < -0.4 is 0 Å². The second-order valence-corrected chi connectivity index (χ2v) is 4.18. The van der Waals surface area contributed by atoms with Crippen molar-refractivity contribution in [3.8, 4) is 0 Å². The first-order chi connectivity index (χ1) is 7.67. The molecular formula is C13H29NO2. The van der Waals surface area contributed by atoms with Gasteiger partial charge in [-0.1, -0.05) is 20.8 Å². The Hall–Kier alpha value is -0.120. The van der Waals surface area contributed by atoms with Gasteiger partial charge in [0.25, 0.3) is 0 Å². The second-order valence-electron chi connectivity index (χ2n) is 4.18. The molecule has 0 aliphatic heterocycles. The van der Waals surface area contributed by atoms with Gasteiger partial charge in [-0.15, -0.1) is 0 Å². The largest absolute Gasteiger partial charge is 0.363 e. The van der Waals surface area contributed by atoms with E-state index in [1.165, 1.54) is 0 Å². The third-order valence-corrected chi connectivity index (χ3v) is 2.54. The predicted molar refractivity (Wildman–Crippen MR) is 68.4 cm³/mol. The number of hydrogen-bond donors (Lipinski definition) is 0. The molecule has 3 heteroatoms. The molecule has 0 aromatic carbocycles. The Morgan fingerprint density at radius 2 is 1.25 bits per heavy atom. The maximum atomic E-state index is 5.75. The van der Waals surface area contributed by atoms with Crippen LogP contribution in [0.15, 0.2) is 0 Å². The summed E-state index contributed by atoms with van der Waals surface area (Å²) in [6.45, 7) is 13.3. The molecule has 0 amide bonds. The van der Waals surface area contributed by atoms with Crippen LogP contribution in [0.5, 0.6) is 0 Å². The lowest BCUT2D eigenvalue weighted by Crippen LogP contribution is -2.43. The van der Waals surface area contributed by atoms with Gasteiger partial charge in [-0.25, -0.2) is 0 Å². The molecule has 0 N–H and O–H groups in total. The van der Waals surface area contributed by atoms with E-state index in [4.69, 9.17) is 9.47 Å². The lowest BCUT2D eigenvalue weighted by Gasteiger charge is -2.33. The first-order valence-electron chi connectivity index (χ1n) is 6.66. The van der Waals surface area contributed by atoms with Gasteiger partial charge >= 0.3 is 0 Å². The van der Waals surface area contributed by atoms with E-state index in [2.05, 4.69) is 39.5 Å². The molecule has 0 heterocycles. The van der Waals surface area contributed by atoms with Crippen molar-refractivity contribution in [2.75, 3.05) is 19.8 Å². The number of rotatable bonds is 10. The molecule has 16 heavy (non-hydrogen) atoms. The van der Waals surface area contributed by atoms with Gasteiger partial charge in [-0.2, -0.15) is 0 Å². The number of hydrogen-bond acceptors (Lipinski definition) is 3. The lowest BCUT2D eigenvalue weighted by molar-refractivity contribution is -0.140. The highest BCUT2D eigenvalue weighted by Gasteiger charge is 2.19. The van der Waals surface area contributed by atoms with Crippen molar-refractivity contribution >= 4 is 0 Å². The Labute approximate surface area is 101 Å². The molecule has 0 saturated heterocycles. The average Bonchev–Trinajstić information content (AvgIpc) is 2.29. The highest BCUT2D eigenvalue weighted by molar-refractivity contribution is 4.61. The van der Waals surface area contributed by atoms with Gasteiger partial charge in [0.1, 0.15) is 12.5 Å². The standard InChI is InChI=1S/C13H29NO2/c1-6-9-14(12(4)15-10-7-2)13(5)16-11-8-3/h12-13H,6-11H2,1-5H3. The lowest BCUT2D eigenvalue weighted by atomic mass is 10.3. The maximum Gasteiger partial charge on any atom is 0.109 e. The highest BCUT2D eigenvalue weighted by Crippen LogP contribution is 2.10. The van der Waals surface area contributed by atoms with Crippen molar-refractivity contribution in [1.82, 2.24) is 4.90 Å². The summed E-state index contributed by atoms with van der Waals surface area (Å²) in [6, 6.07) is 0. The molecule has 0 aliphatic carbocycles. The Balaban J connectivity index is 4.10. The van der Waals surface area contributed by atoms with Crippen LogP contribution >= 0.6 is 0 Å². The monoisotopic (exact) mass is 231 g/mol. The quantitative estimate of drug-likeness (QED) is 0.539. The van der Waals surface area contributed by atoms with Crippen LogP contribution in [0.1, 0.15) is 53.9 Å². The fourth-order valence-electron chi connectivity index (χ4n) is 1.69. The first kappa shape index (κ1) is 15.9. The smallest absolute Gasteiger partial charge is 0.109 e. The van der Waals surface area contributed by atoms with Crippen LogP contribution in [0.4, 0.5) is 0 Å². The molecule has 98 valence electrons. The summed E-state index contributed by atoms with van der Waals surface area (Å²) in [5, 5.41) is 0. The third kappa shape index (κ3) is 6.46. The van der Waals surface area contributed by atoms with Gasteiger partial charge in [-0.3, -0.25) is 4.90 Å². The minimum atomic E-state index is 0.145. The Kier molecular flexibility index (Phi) is 9.99. The van der Waals surface area contributed by atoms with Gasteiger partial charge in [0.15, 0.2) is 0 Å². The zero-order valence-corrected chi connectivity index (χ0v) is 11.7. The Morgan fingerprint density at radius 3 is 1.56 bits per heavy atom. The molecule has 0 aromatic rings. The van der Waals surface area contributed by atoms with Crippen LogP contribution in [0.25, 0.3) is 0 Å². The van der Waals surface area contributed by atoms with E-state index in [-0.39, 0.29) is 12.5 Å². The van der Waals surface area contributed by atoms with E-state index in [9.17, 15) is 0 Å². The molecule has 0 fully saturated rings. The first-order valence-corrected chi connectivity index (χ1v) is 6.66. The summed E-state index contributed by atoms with van der Waals surface area (Å²) in [4.78, 5) is 2.28. The fraction of sp³-hybridized carbons (Fsp3) is 1.00. The second kappa shape index (κ2) is 10.1. The molecule has 0 saturated carbocycles. The van der Waals surface area contributed by atoms with Gasteiger partial charge in [0, 0.05) is 19.8 Å². The average molecular weight is 231 g/mol. The third-order valence-electron chi connectivity index (χ3n) is 2.54. The van der Waals surface area contributed by atoms with E-state index in [0.717, 1.165) is 39.0 Å². The van der Waals surface area contributed by atoms with E-state index >= 15 is 0 Å². The van der Waals surface area contributed by atoms with Gasteiger partial charge in [0.05, 0.1) is 0 Å². The van der Waals surface area contributed by atoms with Gasteiger partial charge < -0.3 is 9.47 Å². The van der Waals surface area contributed by atoms with Crippen LogP contribution in [0, 0.1) is 0 Å². The van der Waals surface area contributed by atoms with Crippen molar-refractivity contribution in [1.29, 1.82) is 0 Å². The molecule has 0 rings (SSSR count). The van der Waals surface area contributed by atoms with E-state index in [1.54, 1.807) is 0 Å². The minimum absolute atomic E-state index is 0.145. The number of nitrogens with zero attached hydrogens (tertiary/aromatic N) is 1. The molecular weight excluding hydrogens is 202 g/mol. The summed E-state index contributed by atoms with van der Waals surface area (Å²) >= 11 is 0. The van der Waals surface area contributed by atoms with Crippen LogP contribution in [-0.4, -0.2) is 37.1 Å². The molecule has 2 unspecified atom stereocenters. The summed E-state index contributed by atoms with van der Waals surface area (Å²) < 4.78 is 11.5. The van der Waals surface area contributed by atoms with Crippen LogP contribution in [-0.2, 0) is 9.47 Å². The summed E-state index contributed by atoms with van der Waals surface area (Å²) in [7, 11) is 0. The van der Waals surface area contributed by atoms with Crippen LogP contribution in [0.2, 0.25) is 0 Å². The maximum absolute atomic E-state index is 5.75. The van der Waals surface area contributed by atoms with E-state index < -0.39 is 0 Å². The van der Waals surface area contributed by atoms with Crippen molar-refractivity contribution in [2.24, 2.45) is 0 Å². The Bertz CT molecular complexity index is 139. The van der Waals surface area contributed by atoms with Crippen molar-refractivity contribution in [3.63, 3.8) is 0 Å². The topological polar surface area (TPSA) is 21.7 Å². The summed E-state index contributed by atoms with van der Waals surface area (Å²) in [5.74, 6) is 0. The van der Waals surface area contributed by atoms with Crippen molar-refractivity contribution in [3.05, 3.63) is 0 Å². The molecule has 2 atom stereocenters. The molecule has 3 nitrogen and oxygen atoms in total. The van der Waals surface area contributed by atoms with Crippen molar-refractivity contribution in [2.45, 2.75) is 66.3 Å². The molecule has 0 aromatic heterocycles. The highest BCUT2D eigenvalue weighted by atomic mass is 16.5. The fourth-order valence-corrected chi connectivity index (χ4v) is 1.69. The molecule has 0 spiro atoms. The van der Waals surface area contributed by atoms with Crippen LogP contribution in [0.3, 0.4) is 0 Å². The van der Waals surface area contributed by atoms with Gasteiger partial charge in [0.2, 0.25) is 0 Å². The van der Waals surface area contributed by atoms with E-state index in [0.29, 0.717) is 0 Å². The summed E-state index contributed by atoms with van der Waals surface area (Å²) in [5.41, 5.74) is 0. The molecule has 0 bridgehead atoms. The normalized spacial score (nSPS) is 15.4. The minimum Gasteiger partial charge on any atom is -0.363 e. The Morgan fingerprint density at radius 1 is 0.812 bits per heavy atom. The molecule has 0 aliphatic rings. The zero-order valence-electron chi connectivity index (χ0n) is 11.7. The SMILES string of the molecule is CCCOC(C)N(CCC)C(C)OCCC. The van der Waals surface area contributed by atoms with Gasteiger partial charge in [-0.05, 0) is 33.1 Å². The summed E-state index contributed by atoms with van der Waals surface area (Å²) in [6.07, 6.45) is 3.54. The number of ether oxygens (including phenoxy) is 2. The predicted octanol–water partition coefficient (Wildman–Crippen LogP) is 3.24. The van der Waals surface area contributed by atoms with Crippen molar-refractivity contribution < 1.29 is 9.47 Å².